The molecule has 0 aliphatic carbocycles. The van der Waals surface area contributed by atoms with Crippen molar-refractivity contribution in [1.29, 1.82) is 0 Å². The third-order valence-corrected chi connectivity index (χ3v) is 4.21. The molecule has 0 aliphatic heterocycles. The van der Waals surface area contributed by atoms with Crippen LogP contribution in [-0.2, 0) is 5.75 Å². The van der Waals surface area contributed by atoms with Crippen molar-refractivity contribution in [3.8, 4) is 0 Å². The van der Waals surface area contributed by atoms with Crippen LogP contribution in [0.25, 0.3) is 10.2 Å². The molecule has 0 fully saturated rings. The average Bonchev–Trinajstić information content (AvgIpc) is 2.82. The molecule has 2 heterocycles. The van der Waals surface area contributed by atoms with Crippen LogP contribution < -0.4 is 11.3 Å². The van der Waals surface area contributed by atoms with Gasteiger partial charge in [0.05, 0.1) is 17.7 Å². The summed E-state index contributed by atoms with van der Waals surface area (Å²) < 4.78 is 0. The van der Waals surface area contributed by atoms with Gasteiger partial charge in [-0.05, 0) is 11.4 Å². The van der Waals surface area contributed by atoms with Crippen molar-refractivity contribution in [2.45, 2.75) is 17.9 Å². The summed E-state index contributed by atoms with van der Waals surface area (Å²) in [5.41, 5.74) is 2.60. The van der Waals surface area contributed by atoms with Gasteiger partial charge in [-0.1, -0.05) is 6.92 Å². The van der Waals surface area contributed by atoms with Crippen molar-refractivity contribution in [2.24, 2.45) is 5.84 Å². The number of nitrogen functional groups attached to an aromatic ring is 1. The number of anilines is 1. The molecule has 7 heteroatoms. The van der Waals surface area contributed by atoms with Crippen molar-refractivity contribution in [2.75, 3.05) is 12.0 Å². The molecule has 1 unspecified atom stereocenters. The van der Waals surface area contributed by atoms with E-state index in [0.717, 1.165) is 16.0 Å². The van der Waals surface area contributed by atoms with Crippen molar-refractivity contribution < 1.29 is 5.11 Å². The molecule has 92 valence electrons. The second-order valence-electron chi connectivity index (χ2n) is 3.58. The lowest BCUT2D eigenvalue weighted by Crippen LogP contribution is -2.11. The van der Waals surface area contributed by atoms with Crippen LogP contribution in [0, 0.1) is 0 Å². The molecule has 2 aromatic rings. The Morgan fingerprint density at radius 2 is 2.41 bits per heavy atom. The lowest BCUT2D eigenvalue weighted by molar-refractivity contribution is 0.300. The van der Waals surface area contributed by atoms with Crippen molar-refractivity contribution in [3.63, 3.8) is 0 Å². The van der Waals surface area contributed by atoms with Gasteiger partial charge < -0.3 is 10.5 Å². The lowest BCUT2D eigenvalue weighted by Gasteiger charge is -2.08. The van der Waals surface area contributed by atoms with Crippen LogP contribution in [0.2, 0.25) is 0 Å². The van der Waals surface area contributed by atoms with Crippen LogP contribution in [0.4, 0.5) is 5.82 Å². The number of aliphatic hydroxyl groups is 1. The lowest BCUT2D eigenvalue weighted by atomic mass is 10.4. The second kappa shape index (κ2) is 5.63. The molecule has 17 heavy (non-hydrogen) atoms. The van der Waals surface area contributed by atoms with Crippen LogP contribution >= 0.6 is 23.1 Å². The fourth-order valence-corrected chi connectivity index (χ4v) is 2.79. The number of aromatic nitrogens is 2. The molecule has 0 saturated heterocycles. The predicted octanol–water partition coefficient (Wildman–Crippen LogP) is 1.59. The van der Waals surface area contributed by atoms with Crippen molar-refractivity contribution in [3.05, 3.63) is 17.3 Å². The first-order valence-corrected chi connectivity index (χ1v) is 7.10. The summed E-state index contributed by atoms with van der Waals surface area (Å²) in [5, 5.41) is 12.1. The van der Waals surface area contributed by atoms with E-state index in [1.807, 2.05) is 18.4 Å². The molecule has 0 spiro atoms. The first kappa shape index (κ1) is 12.6. The van der Waals surface area contributed by atoms with E-state index in [4.69, 9.17) is 10.9 Å². The van der Waals surface area contributed by atoms with E-state index < -0.39 is 0 Å². The Balaban J connectivity index is 2.22. The van der Waals surface area contributed by atoms with Crippen molar-refractivity contribution in [1.82, 2.24) is 9.97 Å². The molecule has 2 rings (SSSR count). The molecular formula is C10H14N4OS2. The number of nitrogens with two attached hydrogens (primary N) is 1. The van der Waals surface area contributed by atoms with E-state index in [1.54, 1.807) is 23.1 Å². The summed E-state index contributed by atoms with van der Waals surface area (Å²) in [7, 11) is 0. The molecule has 1 atom stereocenters. The number of thioether (sulfide) groups is 1. The van der Waals surface area contributed by atoms with Gasteiger partial charge in [-0.25, -0.2) is 15.8 Å². The minimum absolute atomic E-state index is 0.161. The van der Waals surface area contributed by atoms with E-state index in [-0.39, 0.29) is 11.9 Å². The highest BCUT2D eigenvalue weighted by Crippen LogP contribution is 2.26. The summed E-state index contributed by atoms with van der Waals surface area (Å²) >= 11 is 3.19. The van der Waals surface area contributed by atoms with Crippen molar-refractivity contribution >= 4 is 39.1 Å². The number of thiophene rings is 1. The quantitative estimate of drug-likeness (QED) is 0.565. The molecular weight excluding hydrogens is 256 g/mol. The molecule has 0 aromatic carbocycles. The number of aliphatic hydroxyl groups excluding tert-OH is 1. The Bertz CT molecular complexity index is 502. The Hall–Kier alpha value is -0.890. The number of hydrazine groups is 1. The van der Waals surface area contributed by atoms with Gasteiger partial charge in [0, 0.05) is 5.25 Å². The SMILES string of the molecule is CC(CO)SCc1nc(NN)c2ccsc2n1. The topological polar surface area (TPSA) is 84.1 Å². The molecule has 0 bridgehead atoms. The zero-order valence-electron chi connectivity index (χ0n) is 9.38. The highest BCUT2D eigenvalue weighted by Gasteiger charge is 2.09. The molecule has 0 radical (unpaired) electrons. The maximum Gasteiger partial charge on any atom is 0.152 e. The fraction of sp³-hybridized carbons (Fsp3) is 0.400. The van der Waals surface area contributed by atoms with Gasteiger partial charge in [-0.15, -0.1) is 23.1 Å². The Labute approximate surface area is 107 Å². The first-order valence-electron chi connectivity index (χ1n) is 5.17. The normalized spacial score (nSPS) is 12.9. The van der Waals surface area contributed by atoms with Gasteiger partial charge in [0.25, 0.3) is 0 Å². The first-order chi connectivity index (χ1) is 8.24. The van der Waals surface area contributed by atoms with E-state index in [0.29, 0.717) is 11.6 Å². The van der Waals surface area contributed by atoms with Gasteiger partial charge in [-0.2, -0.15) is 0 Å². The highest BCUT2D eigenvalue weighted by molar-refractivity contribution is 7.99. The number of nitrogens with one attached hydrogen (secondary N) is 1. The van der Waals surface area contributed by atoms with Gasteiger partial charge in [0.1, 0.15) is 10.7 Å². The smallest absolute Gasteiger partial charge is 0.152 e. The minimum Gasteiger partial charge on any atom is -0.395 e. The maximum atomic E-state index is 8.96. The Kier molecular flexibility index (Phi) is 4.16. The third kappa shape index (κ3) is 2.86. The number of fused-ring (bicyclic) bond motifs is 1. The molecule has 0 aliphatic rings. The third-order valence-electron chi connectivity index (χ3n) is 2.26. The van der Waals surface area contributed by atoms with Crippen LogP contribution in [-0.4, -0.2) is 26.9 Å². The van der Waals surface area contributed by atoms with Gasteiger partial charge >= 0.3 is 0 Å². The molecule has 0 saturated carbocycles. The number of nitrogens with zero attached hydrogens (tertiary/aromatic N) is 2. The molecule has 2 aromatic heterocycles. The summed E-state index contributed by atoms with van der Waals surface area (Å²) in [6.45, 7) is 2.13. The van der Waals surface area contributed by atoms with E-state index >= 15 is 0 Å². The monoisotopic (exact) mass is 270 g/mol. The average molecular weight is 270 g/mol. The van der Waals surface area contributed by atoms with Crippen LogP contribution in [0.15, 0.2) is 11.4 Å². The van der Waals surface area contributed by atoms with E-state index in [1.165, 1.54) is 0 Å². The number of hydrogen-bond acceptors (Lipinski definition) is 7. The highest BCUT2D eigenvalue weighted by atomic mass is 32.2. The fourth-order valence-electron chi connectivity index (χ4n) is 1.34. The zero-order valence-corrected chi connectivity index (χ0v) is 11.0. The van der Waals surface area contributed by atoms with Gasteiger partial charge in [0.15, 0.2) is 5.82 Å². The maximum absolute atomic E-state index is 8.96. The predicted molar refractivity (Wildman–Crippen MR) is 73.1 cm³/mol. The summed E-state index contributed by atoms with van der Waals surface area (Å²) in [5.74, 6) is 7.51. The summed E-state index contributed by atoms with van der Waals surface area (Å²) in [4.78, 5) is 9.75. The number of rotatable bonds is 5. The largest absolute Gasteiger partial charge is 0.395 e. The second-order valence-corrected chi connectivity index (χ2v) is 5.90. The van der Waals surface area contributed by atoms with Gasteiger partial charge in [-0.3, -0.25) is 0 Å². The van der Waals surface area contributed by atoms with Crippen LogP contribution in [0.3, 0.4) is 0 Å². The van der Waals surface area contributed by atoms with Gasteiger partial charge in [0.2, 0.25) is 0 Å². The standard InChI is InChI=1S/C10H14N4OS2/c1-6(4-15)17-5-8-12-9(14-11)7-2-3-16-10(7)13-8/h2-3,6,15H,4-5,11H2,1H3,(H,12,13,14). The Morgan fingerprint density at radius 3 is 3.12 bits per heavy atom. The summed E-state index contributed by atoms with van der Waals surface area (Å²) in [6.07, 6.45) is 0. The van der Waals surface area contributed by atoms with E-state index in [9.17, 15) is 0 Å². The molecule has 4 N–H and O–H groups in total. The minimum atomic E-state index is 0.161. The van der Waals surface area contributed by atoms with Crippen LogP contribution in [0.1, 0.15) is 12.7 Å². The summed E-state index contributed by atoms with van der Waals surface area (Å²) in [6, 6.07) is 1.95. The van der Waals surface area contributed by atoms with E-state index in [2.05, 4.69) is 15.4 Å². The molecule has 0 amide bonds. The number of hydrogen-bond donors (Lipinski definition) is 3. The molecule has 5 nitrogen and oxygen atoms in total. The zero-order chi connectivity index (χ0) is 12.3. The van der Waals surface area contributed by atoms with Crippen LogP contribution in [0.5, 0.6) is 0 Å². The Morgan fingerprint density at radius 1 is 1.59 bits per heavy atom.